The van der Waals surface area contributed by atoms with E-state index in [4.69, 9.17) is 9.47 Å². The minimum atomic E-state index is -1.07. The monoisotopic (exact) mass is 267 g/mol. The maximum Gasteiger partial charge on any atom is 0.351 e. The van der Waals surface area contributed by atoms with Gasteiger partial charge in [0, 0.05) is 6.07 Å². The number of rotatable bonds is 6. The highest BCUT2D eigenvalue weighted by molar-refractivity contribution is 5.77. The first-order valence-corrected chi connectivity index (χ1v) is 5.23. The fourth-order valence-electron chi connectivity index (χ4n) is 1.32. The third-order valence-electron chi connectivity index (χ3n) is 2.26. The molecule has 0 bridgehead atoms. The lowest BCUT2D eigenvalue weighted by Crippen LogP contribution is -2.26. The van der Waals surface area contributed by atoms with E-state index in [1.165, 1.54) is 32.4 Å². The van der Waals surface area contributed by atoms with Crippen molar-refractivity contribution in [2.24, 2.45) is 0 Å². The number of benzene rings is 1. The fraction of sp³-hybridized carbons (Fsp3) is 0.250. The highest BCUT2D eigenvalue weighted by Gasteiger charge is 2.21. The molecule has 19 heavy (non-hydrogen) atoms. The van der Waals surface area contributed by atoms with E-state index in [0.717, 1.165) is 6.07 Å². The Labute approximate surface area is 109 Å². The molecular formula is C12H13NO6. The van der Waals surface area contributed by atoms with Crippen LogP contribution in [0.3, 0.4) is 0 Å². The van der Waals surface area contributed by atoms with Gasteiger partial charge in [-0.05, 0) is 12.1 Å². The standard InChI is InChI=1S/C12H13NO6/c1-4-9(12(14)18-3)19-11-7-8(13(15)16)5-6-10(11)17-2/h4-7,9H,1H2,2-3H3. The van der Waals surface area contributed by atoms with Crippen molar-refractivity contribution in [3.05, 3.63) is 41.0 Å². The van der Waals surface area contributed by atoms with Crippen LogP contribution >= 0.6 is 0 Å². The molecule has 0 heterocycles. The summed E-state index contributed by atoms with van der Waals surface area (Å²) in [5.74, 6) is -0.336. The Morgan fingerprint density at radius 2 is 2.11 bits per heavy atom. The van der Waals surface area contributed by atoms with Gasteiger partial charge in [-0.1, -0.05) is 6.58 Å². The summed E-state index contributed by atoms with van der Waals surface area (Å²) in [4.78, 5) is 21.5. The maximum atomic E-state index is 11.4. The summed E-state index contributed by atoms with van der Waals surface area (Å²) in [7, 11) is 2.59. The van der Waals surface area contributed by atoms with Gasteiger partial charge in [0.2, 0.25) is 6.10 Å². The SMILES string of the molecule is C=CC(Oc1cc([N+](=O)[O-])ccc1OC)C(=O)OC. The highest BCUT2D eigenvalue weighted by Crippen LogP contribution is 2.32. The molecule has 1 atom stereocenters. The Morgan fingerprint density at radius 3 is 2.58 bits per heavy atom. The average molecular weight is 267 g/mol. The molecule has 0 aliphatic heterocycles. The molecule has 7 heteroatoms. The molecule has 0 aromatic heterocycles. The second-order valence-corrected chi connectivity index (χ2v) is 3.39. The van der Waals surface area contributed by atoms with Crippen LogP contribution in [0.5, 0.6) is 11.5 Å². The molecule has 0 saturated heterocycles. The summed E-state index contributed by atoms with van der Waals surface area (Å²) in [6.45, 7) is 3.44. The van der Waals surface area contributed by atoms with Crippen LogP contribution in [0.2, 0.25) is 0 Å². The summed E-state index contributed by atoms with van der Waals surface area (Å²) < 4.78 is 14.8. The number of non-ortho nitro benzene ring substituents is 1. The van der Waals surface area contributed by atoms with Gasteiger partial charge in [0.05, 0.1) is 25.2 Å². The van der Waals surface area contributed by atoms with E-state index in [0.29, 0.717) is 0 Å². The first kappa shape index (κ1) is 14.5. The lowest BCUT2D eigenvalue weighted by Gasteiger charge is -2.15. The molecular weight excluding hydrogens is 254 g/mol. The highest BCUT2D eigenvalue weighted by atomic mass is 16.6. The van der Waals surface area contributed by atoms with E-state index in [2.05, 4.69) is 11.3 Å². The fourth-order valence-corrected chi connectivity index (χ4v) is 1.32. The largest absolute Gasteiger partial charge is 0.493 e. The number of nitro benzene ring substituents is 1. The first-order valence-electron chi connectivity index (χ1n) is 5.23. The average Bonchev–Trinajstić information content (AvgIpc) is 2.43. The molecule has 0 aliphatic carbocycles. The molecule has 0 aliphatic rings. The zero-order valence-corrected chi connectivity index (χ0v) is 10.5. The van der Waals surface area contributed by atoms with Crippen LogP contribution in [0.4, 0.5) is 5.69 Å². The molecule has 102 valence electrons. The Hall–Kier alpha value is -2.57. The second kappa shape index (κ2) is 6.39. The predicted octanol–water partition coefficient (Wildman–Crippen LogP) is 1.71. The van der Waals surface area contributed by atoms with Gasteiger partial charge >= 0.3 is 5.97 Å². The number of ether oxygens (including phenoxy) is 3. The number of carbonyl (C=O) groups is 1. The van der Waals surface area contributed by atoms with Gasteiger partial charge in [-0.2, -0.15) is 0 Å². The molecule has 7 nitrogen and oxygen atoms in total. The summed E-state index contributed by atoms with van der Waals surface area (Å²) in [6, 6.07) is 3.82. The first-order chi connectivity index (χ1) is 9.03. The van der Waals surface area contributed by atoms with Gasteiger partial charge in [-0.25, -0.2) is 4.79 Å². The van der Waals surface area contributed by atoms with Crippen LogP contribution in [0.15, 0.2) is 30.9 Å². The molecule has 1 aromatic rings. The van der Waals surface area contributed by atoms with Crippen LogP contribution in [-0.2, 0) is 9.53 Å². The molecule has 0 spiro atoms. The van der Waals surface area contributed by atoms with Crippen LogP contribution in [0.25, 0.3) is 0 Å². The number of nitrogens with zero attached hydrogens (tertiary/aromatic N) is 1. The zero-order valence-electron chi connectivity index (χ0n) is 10.5. The van der Waals surface area contributed by atoms with E-state index in [1.807, 2.05) is 0 Å². The number of hydrogen-bond acceptors (Lipinski definition) is 6. The third kappa shape index (κ3) is 3.44. The minimum absolute atomic E-state index is 0.0620. The predicted molar refractivity (Wildman–Crippen MR) is 66.3 cm³/mol. The van der Waals surface area contributed by atoms with Crippen LogP contribution in [-0.4, -0.2) is 31.2 Å². The maximum absolute atomic E-state index is 11.4. The lowest BCUT2D eigenvalue weighted by molar-refractivity contribution is -0.385. The smallest absolute Gasteiger partial charge is 0.351 e. The van der Waals surface area contributed by atoms with Crippen LogP contribution < -0.4 is 9.47 Å². The molecule has 0 fully saturated rings. The molecule has 1 unspecified atom stereocenters. The van der Waals surface area contributed by atoms with Crippen LogP contribution in [0, 0.1) is 10.1 Å². The van der Waals surface area contributed by atoms with Crippen molar-refractivity contribution in [2.75, 3.05) is 14.2 Å². The molecule has 0 N–H and O–H groups in total. The van der Waals surface area contributed by atoms with E-state index in [9.17, 15) is 14.9 Å². The number of esters is 1. The number of carbonyl (C=O) groups excluding carboxylic acids is 1. The van der Waals surface area contributed by atoms with Crippen molar-refractivity contribution in [2.45, 2.75) is 6.10 Å². The van der Waals surface area contributed by atoms with E-state index < -0.39 is 17.0 Å². The number of nitro groups is 1. The summed E-state index contributed by atoms with van der Waals surface area (Å²) in [5, 5.41) is 10.7. The summed E-state index contributed by atoms with van der Waals surface area (Å²) >= 11 is 0. The van der Waals surface area contributed by atoms with Crippen molar-refractivity contribution in [3.63, 3.8) is 0 Å². The Bertz CT molecular complexity index is 499. The van der Waals surface area contributed by atoms with Gasteiger partial charge in [-0.3, -0.25) is 10.1 Å². The Kier molecular flexibility index (Phi) is 4.87. The van der Waals surface area contributed by atoms with Gasteiger partial charge < -0.3 is 14.2 Å². The third-order valence-corrected chi connectivity index (χ3v) is 2.26. The van der Waals surface area contributed by atoms with Crippen molar-refractivity contribution in [1.82, 2.24) is 0 Å². The topological polar surface area (TPSA) is 87.9 Å². The molecule has 0 saturated carbocycles. The quantitative estimate of drug-likeness (QED) is 0.337. The molecule has 1 rings (SSSR count). The summed E-state index contributed by atoms with van der Waals surface area (Å²) in [5.41, 5.74) is -0.177. The van der Waals surface area contributed by atoms with Crippen molar-refractivity contribution < 1.29 is 23.9 Å². The van der Waals surface area contributed by atoms with Gasteiger partial charge in [0.25, 0.3) is 5.69 Å². The van der Waals surface area contributed by atoms with Crippen molar-refractivity contribution >= 4 is 11.7 Å². The van der Waals surface area contributed by atoms with E-state index >= 15 is 0 Å². The van der Waals surface area contributed by atoms with Gasteiger partial charge in [-0.15, -0.1) is 0 Å². The Morgan fingerprint density at radius 1 is 1.42 bits per heavy atom. The molecule has 1 aromatic carbocycles. The zero-order chi connectivity index (χ0) is 14.4. The lowest BCUT2D eigenvalue weighted by atomic mass is 10.2. The molecule has 0 radical (unpaired) electrons. The molecule has 0 amide bonds. The van der Waals surface area contributed by atoms with Gasteiger partial charge in [0.15, 0.2) is 11.5 Å². The number of methoxy groups -OCH3 is 2. The normalized spacial score (nSPS) is 11.3. The van der Waals surface area contributed by atoms with Crippen LogP contribution in [0.1, 0.15) is 0 Å². The van der Waals surface area contributed by atoms with Crippen molar-refractivity contribution in [3.8, 4) is 11.5 Å². The summed E-state index contributed by atoms with van der Waals surface area (Å²) in [6.07, 6.45) is 0.158. The number of hydrogen-bond donors (Lipinski definition) is 0. The Balaban J connectivity index is 3.09. The second-order valence-electron chi connectivity index (χ2n) is 3.39. The van der Waals surface area contributed by atoms with E-state index in [-0.39, 0.29) is 17.2 Å². The van der Waals surface area contributed by atoms with Crippen molar-refractivity contribution in [1.29, 1.82) is 0 Å². The minimum Gasteiger partial charge on any atom is -0.493 e. The van der Waals surface area contributed by atoms with E-state index in [1.54, 1.807) is 0 Å². The van der Waals surface area contributed by atoms with Gasteiger partial charge in [0.1, 0.15) is 0 Å².